The molecule has 1 fully saturated rings. The molecular weight excluding hydrogens is 286 g/mol. The van der Waals surface area contributed by atoms with Crippen LogP contribution in [0.5, 0.6) is 0 Å². The Bertz CT molecular complexity index is 469. The second kappa shape index (κ2) is 9.04. The third-order valence-corrected chi connectivity index (χ3v) is 4.98. The Morgan fingerprint density at radius 1 is 1.22 bits per heavy atom. The van der Waals surface area contributed by atoms with E-state index in [2.05, 4.69) is 24.3 Å². The van der Waals surface area contributed by atoms with Gasteiger partial charge in [0.1, 0.15) is 0 Å². The first kappa shape index (κ1) is 18.0. The van der Waals surface area contributed by atoms with Gasteiger partial charge in [0.25, 0.3) is 0 Å². The molecule has 1 amide bonds. The Morgan fingerprint density at radius 3 is 2.48 bits per heavy atom. The first-order chi connectivity index (χ1) is 11.1. The van der Waals surface area contributed by atoms with E-state index in [1.165, 1.54) is 32.1 Å². The summed E-state index contributed by atoms with van der Waals surface area (Å²) >= 11 is 0. The van der Waals surface area contributed by atoms with Gasteiger partial charge in [-0.3, -0.25) is 4.79 Å². The van der Waals surface area contributed by atoms with Crippen molar-refractivity contribution in [1.29, 1.82) is 0 Å². The number of nitrogens with one attached hydrogen (secondary N) is 1. The number of nitrogens with two attached hydrogens (primary N) is 1. The van der Waals surface area contributed by atoms with Gasteiger partial charge in [0, 0.05) is 12.6 Å². The van der Waals surface area contributed by atoms with Crippen LogP contribution >= 0.6 is 0 Å². The molecule has 2 atom stereocenters. The van der Waals surface area contributed by atoms with Crippen LogP contribution in [0.25, 0.3) is 0 Å². The van der Waals surface area contributed by atoms with Crippen molar-refractivity contribution in [3.05, 3.63) is 35.9 Å². The molecule has 0 saturated heterocycles. The Balaban J connectivity index is 1.83. The van der Waals surface area contributed by atoms with Gasteiger partial charge in [-0.05, 0) is 44.8 Å². The molecule has 4 heteroatoms. The topological polar surface area (TPSA) is 58.4 Å². The number of carbonyl (C=O) groups is 1. The van der Waals surface area contributed by atoms with Crippen molar-refractivity contribution in [2.45, 2.75) is 50.6 Å². The lowest BCUT2D eigenvalue weighted by Crippen LogP contribution is -2.49. The van der Waals surface area contributed by atoms with Gasteiger partial charge in [0.2, 0.25) is 5.91 Å². The SMILES string of the molecule is CN(C)C(CNC(=O)C(N)Cc1ccccc1)C1CCCCC1. The number of carbonyl (C=O) groups excluding carboxylic acids is 1. The van der Waals surface area contributed by atoms with Crippen LogP contribution in [0.15, 0.2) is 30.3 Å². The van der Waals surface area contributed by atoms with Gasteiger partial charge in [-0.15, -0.1) is 0 Å². The second-order valence-corrected chi connectivity index (χ2v) is 6.97. The monoisotopic (exact) mass is 317 g/mol. The van der Waals surface area contributed by atoms with Crippen molar-refractivity contribution in [3.63, 3.8) is 0 Å². The van der Waals surface area contributed by atoms with Crippen LogP contribution in [0.2, 0.25) is 0 Å². The van der Waals surface area contributed by atoms with Crippen molar-refractivity contribution in [3.8, 4) is 0 Å². The highest BCUT2D eigenvalue weighted by Crippen LogP contribution is 2.28. The fraction of sp³-hybridized carbons (Fsp3) is 0.632. The van der Waals surface area contributed by atoms with E-state index in [-0.39, 0.29) is 5.91 Å². The predicted octanol–water partition coefficient (Wildman–Crippen LogP) is 2.18. The first-order valence-corrected chi connectivity index (χ1v) is 8.81. The lowest BCUT2D eigenvalue weighted by molar-refractivity contribution is -0.122. The molecule has 2 unspecified atom stereocenters. The zero-order chi connectivity index (χ0) is 16.7. The van der Waals surface area contributed by atoms with Crippen molar-refractivity contribution >= 4 is 5.91 Å². The average molecular weight is 317 g/mol. The molecule has 0 spiro atoms. The Labute approximate surface area is 140 Å². The van der Waals surface area contributed by atoms with Gasteiger partial charge in [0.15, 0.2) is 0 Å². The maximum Gasteiger partial charge on any atom is 0.237 e. The molecule has 1 aliphatic rings. The summed E-state index contributed by atoms with van der Waals surface area (Å²) < 4.78 is 0. The minimum Gasteiger partial charge on any atom is -0.353 e. The highest BCUT2D eigenvalue weighted by Gasteiger charge is 2.26. The number of hydrogen-bond donors (Lipinski definition) is 2. The fourth-order valence-corrected chi connectivity index (χ4v) is 3.59. The second-order valence-electron chi connectivity index (χ2n) is 6.97. The molecule has 2 rings (SSSR count). The van der Waals surface area contributed by atoms with Crippen LogP contribution < -0.4 is 11.1 Å². The molecular formula is C19H31N3O. The normalized spacial score (nSPS) is 18.6. The molecule has 1 saturated carbocycles. The number of nitrogens with zero attached hydrogens (tertiary/aromatic N) is 1. The van der Waals surface area contributed by atoms with E-state index in [0.29, 0.717) is 24.9 Å². The molecule has 128 valence electrons. The van der Waals surface area contributed by atoms with E-state index in [4.69, 9.17) is 5.73 Å². The largest absolute Gasteiger partial charge is 0.353 e. The molecule has 1 aromatic rings. The van der Waals surface area contributed by atoms with Gasteiger partial charge >= 0.3 is 0 Å². The quantitative estimate of drug-likeness (QED) is 0.810. The summed E-state index contributed by atoms with van der Waals surface area (Å²) in [5, 5.41) is 3.08. The zero-order valence-corrected chi connectivity index (χ0v) is 14.5. The summed E-state index contributed by atoms with van der Waals surface area (Å²) in [5.74, 6) is 0.640. The lowest BCUT2D eigenvalue weighted by atomic mass is 9.83. The van der Waals surface area contributed by atoms with Gasteiger partial charge in [-0.1, -0.05) is 49.6 Å². The molecule has 0 aromatic heterocycles. The molecule has 23 heavy (non-hydrogen) atoms. The molecule has 0 bridgehead atoms. The van der Waals surface area contributed by atoms with E-state index in [1.807, 2.05) is 30.3 Å². The number of likely N-dealkylation sites (N-methyl/N-ethyl adjacent to an activating group) is 1. The number of rotatable bonds is 7. The summed E-state index contributed by atoms with van der Waals surface area (Å²) in [6.45, 7) is 0.693. The van der Waals surface area contributed by atoms with Crippen LogP contribution in [-0.4, -0.2) is 43.5 Å². The average Bonchev–Trinajstić information content (AvgIpc) is 2.56. The van der Waals surface area contributed by atoms with Gasteiger partial charge in [0.05, 0.1) is 6.04 Å². The number of hydrogen-bond acceptors (Lipinski definition) is 3. The molecule has 1 aliphatic carbocycles. The number of benzene rings is 1. The fourth-order valence-electron chi connectivity index (χ4n) is 3.59. The van der Waals surface area contributed by atoms with Crippen molar-refractivity contribution in [1.82, 2.24) is 10.2 Å². The lowest BCUT2D eigenvalue weighted by Gasteiger charge is -2.35. The van der Waals surface area contributed by atoms with Gasteiger partial charge in [-0.2, -0.15) is 0 Å². The van der Waals surface area contributed by atoms with Crippen molar-refractivity contribution < 1.29 is 4.79 Å². The predicted molar refractivity (Wildman–Crippen MR) is 95.2 cm³/mol. The Kier molecular flexibility index (Phi) is 7.06. The smallest absolute Gasteiger partial charge is 0.237 e. The van der Waals surface area contributed by atoms with Crippen molar-refractivity contribution in [2.75, 3.05) is 20.6 Å². The molecule has 0 heterocycles. The highest BCUT2D eigenvalue weighted by atomic mass is 16.2. The summed E-state index contributed by atoms with van der Waals surface area (Å²) in [5.41, 5.74) is 7.17. The third-order valence-electron chi connectivity index (χ3n) is 4.98. The minimum atomic E-state index is -0.480. The zero-order valence-electron chi connectivity index (χ0n) is 14.5. The Hall–Kier alpha value is -1.39. The molecule has 4 nitrogen and oxygen atoms in total. The summed E-state index contributed by atoms with van der Waals surface area (Å²) in [4.78, 5) is 14.6. The third kappa shape index (κ3) is 5.63. The van der Waals surface area contributed by atoms with Crippen molar-refractivity contribution in [2.24, 2.45) is 11.7 Å². The van der Waals surface area contributed by atoms with Crippen LogP contribution in [0.4, 0.5) is 0 Å². The van der Waals surface area contributed by atoms with E-state index in [9.17, 15) is 4.79 Å². The first-order valence-electron chi connectivity index (χ1n) is 8.81. The van der Waals surface area contributed by atoms with E-state index in [1.54, 1.807) is 0 Å². The van der Waals surface area contributed by atoms with Crippen LogP contribution in [0.3, 0.4) is 0 Å². The summed E-state index contributed by atoms with van der Waals surface area (Å²) in [6, 6.07) is 9.88. The minimum absolute atomic E-state index is 0.0449. The van der Waals surface area contributed by atoms with E-state index < -0.39 is 6.04 Å². The standard InChI is InChI=1S/C19H31N3O/c1-22(2)18(16-11-7-4-8-12-16)14-21-19(23)17(20)13-15-9-5-3-6-10-15/h3,5-6,9-10,16-18H,4,7-8,11-14,20H2,1-2H3,(H,21,23). The van der Waals surface area contributed by atoms with Gasteiger partial charge < -0.3 is 16.0 Å². The van der Waals surface area contributed by atoms with Gasteiger partial charge in [-0.25, -0.2) is 0 Å². The molecule has 0 aliphatic heterocycles. The molecule has 1 aromatic carbocycles. The maximum absolute atomic E-state index is 12.3. The molecule has 0 radical (unpaired) electrons. The van der Waals surface area contributed by atoms with Crippen LogP contribution in [0.1, 0.15) is 37.7 Å². The molecule has 3 N–H and O–H groups in total. The van der Waals surface area contributed by atoms with Crippen LogP contribution in [0, 0.1) is 5.92 Å². The maximum atomic E-state index is 12.3. The number of amides is 1. The Morgan fingerprint density at radius 2 is 1.87 bits per heavy atom. The van der Waals surface area contributed by atoms with Crippen LogP contribution in [-0.2, 0) is 11.2 Å². The van der Waals surface area contributed by atoms with E-state index in [0.717, 1.165) is 5.56 Å². The van der Waals surface area contributed by atoms with E-state index >= 15 is 0 Å². The highest BCUT2D eigenvalue weighted by molar-refractivity contribution is 5.81. The summed E-state index contributed by atoms with van der Waals surface area (Å²) in [6.07, 6.45) is 7.12. The summed E-state index contributed by atoms with van der Waals surface area (Å²) in [7, 11) is 4.21.